The van der Waals surface area contributed by atoms with Crippen LogP contribution in [-0.4, -0.2) is 5.11 Å². The van der Waals surface area contributed by atoms with Crippen LogP contribution in [0.5, 0.6) is 5.75 Å². The van der Waals surface area contributed by atoms with Crippen LogP contribution in [-0.2, 0) is 5.54 Å². The normalized spacial score (nSPS) is 11.8. The van der Waals surface area contributed by atoms with Gasteiger partial charge in [-0.2, -0.15) is 0 Å². The van der Waals surface area contributed by atoms with Crippen molar-refractivity contribution in [2.24, 2.45) is 5.73 Å². The van der Waals surface area contributed by atoms with E-state index in [0.29, 0.717) is 5.56 Å². The van der Waals surface area contributed by atoms with Gasteiger partial charge in [0, 0.05) is 5.54 Å². The highest BCUT2D eigenvalue weighted by Crippen LogP contribution is 2.30. The predicted molar refractivity (Wildman–Crippen MR) is 50.3 cm³/mol. The van der Waals surface area contributed by atoms with Gasteiger partial charge in [0.2, 0.25) is 0 Å². The topological polar surface area (TPSA) is 46.2 Å². The van der Waals surface area contributed by atoms with Gasteiger partial charge in [-0.1, -0.05) is 11.6 Å². The minimum atomic E-state index is -0.692. The Hall–Kier alpha value is -0.800. The third-order valence-corrected chi connectivity index (χ3v) is 2.13. The van der Waals surface area contributed by atoms with Gasteiger partial charge < -0.3 is 10.8 Å². The molecule has 0 heterocycles. The van der Waals surface area contributed by atoms with Crippen LogP contribution in [0.25, 0.3) is 0 Å². The summed E-state index contributed by atoms with van der Waals surface area (Å²) >= 11 is 5.43. The number of benzene rings is 1. The first-order valence-corrected chi connectivity index (χ1v) is 4.17. The average molecular weight is 204 g/mol. The number of aromatic hydroxyl groups is 1. The van der Waals surface area contributed by atoms with E-state index in [-0.39, 0.29) is 10.8 Å². The number of phenols is 1. The first kappa shape index (κ1) is 10.3. The van der Waals surface area contributed by atoms with Crippen molar-refractivity contribution in [3.05, 3.63) is 28.5 Å². The van der Waals surface area contributed by atoms with Crippen LogP contribution in [0.2, 0.25) is 5.02 Å². The van der Waals surface area contributed by atoms with Crippen LogP contribution in [0.3, 0.4) is 0 Å². The monoisotopic (exact) mass is 203 g/mol. The lowest BCUT2D eigenvalue weighted by Gasteiger charge is -2.19. The molecule has 0 spiro atoms. The van der Waals surface area contributed by atoms with Crippen molar-refractivity contribution in [1.29, 1.82) is 0 Å². The zero-order valence-corrected chi connectivity index (χ0v) is 8.19. The van der Waals surface area contributed by atoms with E-state index in [0.717, 1.165) is 0 Å². The van der Waals surface area contributed by atoms with Crippen LogP contribution in [0.1, 0.15) is 19.4 Å². The summed E-state index contributed by atoms with van der Waals surface area (Å²) in [5.41, 5.74) is 5.54. The van der Waals surface area contributed by atoms with Crippen LogP contribution in [0.15, 0.2) is 12.1 Å². The molecule has 4 heteroatoms. The molecule has 0 unspecified atom stereocenters. The van der Waals surface area contributed by atoms with Gasteiger partial charge in [-0.3, -0.25) is 0 Å². The minimum Gasteiger partial charge on any atom is -0.506 e. The lowest BCUT2D eigenvalue weighted by Crippen LogP contribution is -2.28. The van der Waals surface area contributed by atoms with Crippen molar-refractivity contribution >= 4 is 11.6 Å². The molecule has 0 bridgehead atoms. The molecule has 1 aromatic carbocycles. The largest absolute Gasteiger partial charge is 0.506 e. The summed E-state index contributed by atoms with van der Waals surface area (Å²) in [4.78, 5) is 0. The second-order valence-corrected chi connectivity index (χ2v) is 3.89. The lowest BCUT2D eigenvalue weighted by atomic mass is 9.95. The molecule has 0 aromatic heterocycles. The maximum Gasteiger partial charge on any atom is 0.145 e. The molecule has 13 heavy (non-hydrogen) atoms. The van der Waals surface area contributed by atoms with E-state index < -0.39 is 11.4 Å². The molecule has 0 amide bonds. The molecule has 0 saturated heterocycles. The summed E-state index contributed by atoms with van der Waals surface area (Å²) in [6.45, 7) is 3.43. The molecule has 0 atom stereocenters. The minimum absolute atomic E-state index is 0.270. The number of rotatable bonds is 1. The Labute approximate surface area is 81.1 Å². The number of nitrogens with two attached hydrogens (primary N) is 1. The number of hydrogen-bond acceptors (Lipinski definition) is 2. The Morgan fingerprint density at radius 3 is 2.38 bits per heavy atom. The first-order valence-electron chi connectivity index (χ1n) is 3.79. The highest BCUT2D eigenvalue weighted by molar-refractivity contribution is 6.32. The maximum atomic E-state index is 13.0. The fourth-order valence-corrected chi connectivity index (χ4v) is 1.06. The molecule has 0 fully saturated rings. The SMILES string of the molecule is CC(C)(N)c1cc(O)c(Cl)c(F)c1. The summed E-state index contributed by atoms with van der Waals surface area (Å²) in [6.07, 6.45) is 0. The summed E-state index contributed by atoms with van der Waals surface area (Å²) in [6, 6.07) is 2.59. The lowest BCUT2D eigenvalue weighted by molar-refractivity contribution is 0.461. The molecule has 0 aliphatic rings. The zero-order valence-electron chi connectivity index (χ0n) is 7.44. The van der Waals surface area contributed by atoms with Gasteiger partial charge in [-0.25, -0.2) is 4.39 Å². The van der Waals surface area contributed by atoms with E-state index in [1.54, 1.807) is 13.8 Å². The van der Waals surface area contributed by atoms with E-state index >= 15 is 0 Å². The molecule has 3 N–H and O–H groups in total. The van der Waals surface area contributed by atoms with Crippen LogP contribution >= 0.6 is 11.6 Å². The second-order valence-electron chi connectivity index (χ2n) is 3.51. The van der Waals surface area contributed by atoms with E-state index in [9.17, 15) is 9.50 Å². The summed E-state index contributed by atoms with van der Waals surface area (Å²) < 4.78 is 13.0. The van der Waals surface area contributed by atoms with Gasteiger partial charge >= 0.3 is 0 Å². The zero-order chi connectivity index (χ0) is 10.2. The molecule has 2 nitrogen and oxygen atoms in total. The molecule has 1 aromatic rings. The van der Waals surface area contributed by atoms with E-state index in [4.69, 9.17) is 17.3 Å². The Balaban J connectivity index is 3.29. The van der Waals surface area contributed by atoms with E-state index in [1.165, 1.54) is 12.1 Å². The third-order valence-electron chi connectivity index (χ3n) is 1.75. The average Bonchev–Trinajstić information content (AvgIpc) is 1.97. The van der Waals surface area contributed by atoms with Crippen molar-refractivity contribution in [1.82, 2.24) is 0 Å². The Bertz CT molecular complexity index is 310. The second kappa shape index (κ2) is 3.16. The quantitative estimate of drug-likeness (QED) is 0.736. The molecular weight excluding hydrogens is 193 g/mol. The van der Waals surface area contributed by atoms with Gasteiger partial charge in [-0.15, -0.1) is 0 Å². The first-order chi connectivity index (χ1) is 5.82. The summed E-state index contributed by atoms with van der Waals surface area (Å²) in [5, 5.41) is 8.95. The fraction of sp³-hybridized carbons (Fsp3) is 0.333. The number of hydrogen-bond donors (Lipinski definition) is 2. The van der Waals surface area contributed by atoms with Gasteiger partial charge in [0.1, 0.15) is 16.6 Å². The number of halogens is 2. The van der Waals surface area contributed by atoms with Gasteiger partial charge in [0.05, 0.1) is 0 Å². The molecule has 0 saturated carbocycles. The fourth-order valence-electron chi connectivity index (χ4n) is 0.947. The number of phenolic OH excluding ortho intramolecular Hbond substituents is 1. The van der Waals surface area contributed by atoms with Crippen molar-refractivity contribution in [3.8, 4) is 5.75 Å². The Morgan fingerprint density at radius 1 is 1.46 bits per heavy atom. The maximum absolute atomic E-state index is 13.0. The summed E-state index contributed by atoms with van der Waals surface area (Å²) in [5.74, 6) is -0.939. The summed E-state index contributed by atoms with van der Waals surface area (Å²) in [7, 11) is 0. The molecule has 0 aliphatic carbocycles. The van der Waals surface area contributed by atoms with Gasteiger partial charge in [-0.05, 0) is 31.5 Å². The highest BCUT2D eigenvalue weighted by Gasteiger charge is 2.18. The van der Waals surface area contributed by atoms with Crippen LogP contribution in [0.4, 0.5) is 4.39 Å². The van der Waals surface area contributed by atoms with Crippen molar-refractivity contribution < 1.29 is 9.50 Å². The molecule has 72 valence electrons. The van der Waals surface area contributed by atoms with Gasteiger partial charge in [0.15, 0.2) is 0 Å². The van der Waals surface area contributed by atoms with E-state index in [1.807, 2.05) is 0 Å². The Morgan fingerprint density at radius 2 is 2.00 bits per heavy atom. The van der Waals surface area contributed by atoms with Crippen molar-refractivity contribution in [2.75, 3.05) is 0 Å². The molecule has 0 aliphatic heterocycles. The molecule has 0 radical (unpaired) electrons. The smallest absolute Gasteiger partial charge is 0.145 e. The Kier molecular flexibility index (Phi) is 2.50. The van der Waals surface area contributed by atoms with Crippen molar-refractivity contribution in [3.63, 3.8) is 0 Å². The molecular formula is C9H11ClFNO. The highest BCUT2D eigenvalue weighted by atomic mass is 35.5. The van der Waals surface area contributed by atoms with Crippen molar-refractivity contribution in [2.45, 2.75) is 19.4 Å². The van der Waals surface area contributed by atoms with Crippen LogP contribution < -0.4 is 5.73 Å². The predicted octanol–water partition coefficient (Wildman–Crippen LogP) is 2.38. The van der Waals surface area contributed by atoms with E-state index in [2.05, 4.69) is 0 Å². The van der Waals surface area contributed by atoms with Crippen LogP contribution in [0, 0.1) is 5.82 Å². The third kappa shape index (κ3) is 2.11. The standard InChI is InChI=1S/C9H11ClFNO/c1-9(2,12)5-3-6(11)8(10)7(13)4-5/h3-4,13H,12H2,1-2H3. The van der Waals surface area contributed by atoms with Gasteiger partial charge in [0.25, 0.3) is 0 Å². The molecule has 1 rings (SSSR count).